The lowest BCUT2D eigenvalue weighted by Crippen LogP contribution is -2.44. The summed E-state index contributed by atoms with van der Waals surface area (Å²) < 4.78 is 5.45. The quantitative estimate of drug-likeness (QED) is 0.832. The highest BCUT2D eigenvalue weighted by atomic mass is 16.5. The molecule has 0 radical (unpaired) electrons. The van der Waals surface area contributed by atoms with Gasteiger partial charge in [0.15, 0.2) is 6.61 Å². The van der Waals surface area contributed by atoms with Crippen LogP contribution in [-0.4, -0.2) is 29.5 Å². The lowest BCUT2D eigenvalue weighted by Gasteiger charge is -2.30. The Morgan fingerprint density at radius 1 is 1.19 bits per heavy atom. The Labute approximate surface area is 125 Å². The molecular weight excluding hydrogens is 266 g/mol. The van der Waals surface area contributed by atoms with Gasteiger partial charge in [-0.1, -0.05) is 6.07 Å². The summed E-state index contributed by atoms with van der Waals surface area (Å²) in [6.07, 6.45) is 0. The van der Waals surface area contributed by atoms with Crippen molar-refractivity contribution < 1.29 is 9.53 Å². The molecule has 0 aliphatic rings. The molecule has 1 rings (SSSR count). The highest BCUT2D eigenvalue weighted by Gasteiger charge is 2.21. The lowest BCUT2D eigenvalue weighted by atomic mass is 10.1. The summed E-state index contributed by atoms with van der Waals surface area (Å²) in [6, 6.07) is 8.78. The number of nitriles is 2. The van der Waals surface area contributed by atoms with Crippen LogP contribution in [0, 0.1) is 22.7 Å². The molecule has 0 aliphatic carbocycles. The summed E-state index contributed by atoms with van der Waals surface area (Å²) in [6.45, 7) is 7.60. The summed E-state index contributed by atoms with van der Waals surface area (Å²) in [5, 5.41) is 18.1. The molecule has 0 saturated carbocycles. The minimum atomic E-state index is -0.153. The van der Waals surface area contributed by atoms with Crippen molar-refractivity contribution in [3.8, 4) is 17.9 Å². The Kier molecular flexibility index (Phi) is 5.75. The molecule has 110 valence electrons. The van der Waals surface area contributed by atoms with Crippen LogP contribution in [0.25, 0.3) is 0 Å². The van der Waals surface area contributed by atoms with Gasteiger partial charge in [0, 0.05) is 12.1 Å². The molecule has 0 fully saturated rings. The fraction of sp³-hybridized carbons (Fsp3) is 0.438. The SMILES string of the molecule is CC(C)N(C(=O)COc1cccc(C#N)c1C#N)C(C)C. The lowest BCUT2D eigenvalue weighted by molar-refractivity contribution is -0.136. The number of ether oxygens (including phenoxy) is 1. The molecule has 5 nitrogen and oxygen atoms in total. The van der Waals surface area contributed by atoms with Gasteiger partial charge in [-0.25, -0.2) is 0 Å². The molecule has 0 aromatic heterocycles. The van der Waals surface area contributed by atoms with E-state index >= 15 is 0 Å². The monoisotopic (exact) mass is 285 g/mol. The van der Waals surface area contributed by atoms with Gasteiger partial charge in [-0.15, -0.1) is 0 Å². The van der Waals surface area contributed by atoms with E-state index in [-0.39, 0.29) is 41.5 Å². The van der Waals surface area contributed by atoms with Gasteiger partial charge in [0.05, 0.1) is 5.56 Å². The van der Waals surface area contributed by atoms with Gasteiger partial charge >= 0.3 is 0 Å². The Morgan fingerprint density at radius 2 is 1.81 bits per heavy atom. The summed E-state index contributed by atoms with van der Waals surface area (Å²) in [5.41, 5.74) is 0.403. The second-order valence-corrected chi connectivity index (χ2v) is 5.18. The minimum absolute atomic E-state index is 0.0713. The average molecular weight is 285 g/mol. The number of nitrogens with zero attached hydrogens (tertiary/aromatic N) is 3. The molecule has 0 unspecified atom stereocenters. The van der Waals surface area contributed by atoms with Crippen molar-refractivity contribution in [1.29, 1.82) is 10.5 Å². The van der Waals surface area contributed by atoms with Crippen LogP contribution >= 0.6 is 0 Å². The van der Waals surface area contributed by atoms with Crippen molar-refractivity contribution >= 4 is 5.91 Å². The van der Waals surface area contributed by atoms with Crippen LogP contribution in [0.2, 0.25) is 0 Å². The van der Waals surface area contributed by atoms with Crippen LogP contribution < -0.4 is 4.74 Å². The van der Waals surface area contributed by atoms with Gasteiger partial charge in [-0.05, 0) is 39.8 Å². The topological polar surface area (TPSA) is 77.1 Å². The van der Waals surface area contributed by atoms with E-state index in [0.29, 0.717) is 0 Å². The Bertz CT molecular complexity index is 587. The van der Waals surface area contributed by atoms with Crippen LogP contribution in [0.5, 0.6) is 5.75 Å². The zero-order valence-electron chi connectivity index (χ0n) is 12.8. The van der Waals surface area contributed by atoms with Crippen LogP contribution in [0.15, 0.2) is 18.2 Å². The van der Waals surface area contributed by atoms with Gasteiger partial charge < -0.3 is 9.64 Å². The Balaban J connectivity index is 2.88. The molecule has 1 aromatic rings. The number of hydrogen-bond donors (Lipinski definition) is 0. The number of carbonyl (C=O) groups excluding carboxylic acids is 1. The van der Waals surface area contributed by atoms with E-state index in [0.717, 1.165) is 0 Å². The molecule has 5 heteroatoms. The first-order chi connectivity index (χ1) is 9.92. The predicted octanol–water partition coefficient (Wildman–Crippen LogP) is 2.45. The third kappa shape index (κ3) is 3.97. The normalized spacial score (nSPS) is 10.1. The van der Waals surface area contributed by atoms with Crippen LogP contribution in [0.3, 0.4) is 0 Å². The summed E-state index contributed by atoms with van der Waals surface area (Å²) in [7, 11) is 0. The average Bonchev–Trinajstić information content (AvgIpc) is 2.43. The van der Waals surface area contributed by atoms with E-state index in [1.54, 1.807) is 23.1 Å². The van der Waals surface area contributed by atoms with Crippen molar-refractivity contribution in [3.05, 3.63) is 29.3 Å². The van der Waals surface area contributed by atoms with Gasteiger partial charge in [-0.2, -0.15) is 10.5 Å². The largest absolute Gasteiger partial charge is 0.482 e. The maximum Gasteiger partial charge on any atom is 0.260 e. The maximum atomic E-state index is 12.2. The molecule has 0 heterocycles. The molecule has 0 atom stereocenters. The Hall–Kier alpha value is -2.53. The Morgan fingerprint density at radius 3 is 2.29 bits per heavy atom. The first-order valence-electron chi connectivity index (χ1n) is 6.79. The van der Waals surface area contributed by atoms with E-state index in [1.807, 2.05) is 39.8 Å². The number of carbonyl (C=O) groups is 1. The molecule has 0 aliphatic heterocycles. The number of hydrogen-bond acceptors (Lipinski definition) is 4. The first-order valence-corrected chi connectivity index (χ1v) is 6.79. The van der Waals surface area contributed by atoms with Crippen LogP contribution in [0.1, 0.15) is 38.8 Å². The standard InChI is InChI=1S/C16H19N3O2/c1-11(2)19(12(3)4)16(20)10-21-15-7-5-6-13(8-17)14(15)9-18/h5-7,11-12H,10H2,1-4H3. The number of amides is 1. The smallest absolute Gasteiger partial charge is 0.260 e. The third-order valence-corrected chi connectivity index (χ3v) is 3.01. The van der Waals surface area contributed by atoms with Crippen LogP contribution in [0.4, 0.5) is 0 Å². The number of benzene rings is 1. The van der Waals surface area contributed by atoms with Gasteiger partial charge in [0.25, 0.3) is 5.91 Å². The van der Waals surface area contributed by atoms with Gasteiger partial charge in [-0.3, -0.25) is 4.79 Å². The molecular formula is C16H19N3O2. The fourth-order valence-corrected chi connectivity index (χ4v) is 2.25. The zero-order chi connectivity index (χ0) is 16.0. The maximum absolute atomic E-state index is 12.2. The minimum Gasteiger partial charge on any atom is -0.482 e. The molecule has 1 aromatic carbocycles. The summed E-state index contributed by atoms with van der Waals surface area (Å²) in [4.78, 5) is 13.9. The second-order valence-electron chi connectivity index (χ2n) is 5.18. The molecule has 1 amide bonds. The number of rotatable bonds is 5. The van der Waals surface area contributed by atoms with Crippen molar-refractivity contribution in [2.45, 2.75) is 39.8 Å². The fourth-order valence-electron chi connectivity index (χ4n) is 2.25. The van der Waals surface area contributed by atoms with E-state index in [1.165, 1.54) is 0 Å². The van der Waals surface area contributed by atoms with Crippen molar-refractivity contribution in [1.82, 2.24) is 4.90 Å². The summed E-state index contributed by atoms with van der Waals surface area (Å²) in [5.74, 6) is 0.114. The molecule has 0 spiro atoms. The van der Waals surface area contributed by atoms with E-state index in [4.69, 9.17) is 15.3 Å². The van der Waals surface area contributed by atoms with Gasteiger partial charge in [0.2, 0.25) is 0 Å². The van der Waals surface area contributed by atoms with E-state index < -0.39 is 0 Å². The first kappa shape index (κ1) is 16.5. The zero-order valence-corrected chi connectivity index (χ0v) is 12.8. The van der Waals surface area contributed by atoms with E-state index in [9.17, 15) is 4.79 Å². The van der Waals surface area contributed by atoms with Crippen molar-refractivity contribution in [2.24, 2.45) is 0 Å². The third-order valence-electron chi connectivity index (χ3n) is 3.01. The van der Waals surface area contributed by atoms with Crippen molar-refractivity contribution in [3.63, 3.8) is 0 Å². The van der Waals surface area contributed by atoms with E-state index in [2.05, 4.69) is 0 Å². The van der Waals surface area contributed by atoms with Gasteiger partial charge in [0.1, 0.15) is 23.5 Å². The molecule has 0 bridgehead atoms. The van der Waals surface area contributed by atoms with Crippen LogP contribution in [-0.2, 0) is 4.79 Å². The summed E-state index contributed by atoms with van der Waals surface area (Å²) >= 11 is 0. The molecule has 21 heavy (non-hydrogen) atoms. The molecule has 0 N–H and O–H groups in total. The van der Waals surface area contributed by atoms with Crippen molar-refractivity contribution in [2.75, 3.05) is 6.61 Å². The predicted molar refractivity (Wildman–Crippen MR) is 78.5 cm³/mol. The second kappa shape index (κ2) is 7.31. The molecule has 0 saturated heterocycles. The highest BCUT2D eigenvalue weighted by molar-refractivity contribution is 5.78. The highest BCUT2D eigenvalue weighted by Crippen LogP contribution is 2.21.